The lowest BCUT2D eigenvalue weighted by atomic mass is 10.8. The van der Waals surface area contributed by atoms with Crippen LogP contribution in [0.2, 0.25) is 25.7 Å². The smallest absolute Gasteiger partial charge is 0.156 e. The van der Waals surface area contributed by atoms with Gasteiger partial charge in [-0.15, -0.1) is 0 Å². The second-order valence-corrected chi connectivity index (χ2v) is 9.24. The molecule has 3 heteroatoms. The number of rotatable bonds is 2. The SMILES string of the molecule is COC(=S)C[Si](C)(C)C. The zero-order valence-electron chi connectivity index (χ0n) is 6.52. The molecule has 0 amide bonds. The van der Waals surface area contributed by atoms with Gasteiger partial charge in [0.15, 0.2) is 5.05 Å². The van der Waals surface area contributed by atoms with Crippen LogP contribution < -0.4 is 0 Å². The highest BCUT2D eigenvalue weighted by molar-refractivity contribution is 7.80. The third-order valence-corrected chi connectivity index (χ3v) is 2.85. The lowest BCUT2D eigenvalue weighted by molar-refractivity contribution is 0.411. The number of ether oxygens (including phenoxy) is 1. The van der Waals surface area contributed by atoms with Crippen LogP contribution in [0, 0.1) is 0 Å². The first kappa shape index (κ1) is 9.11. The largest absolute Gasteiger partial charge is 0.491 e. The third-order valence-electron chi connectivity index (χ3n) is 0.902. The van der Waals surface area contributed by atoms with Crippen molar-refractivity contribution in [3.8, 4) is 0 Å². The minimum absolute atomic E-state index is 0.758. The molecule has 0 N–H and O–H groups in total. The average Bonchev–Trinajstić information content (AvgIpc) is 1.62. The summed E-state index contributed by atoms with van der Waals surface area (Å²) in [4.78, 5) is 0. The number of methoxy groups -OCH3 is 1. The summed E-state index contributed by atoms with van der Waals surface area (Å²) in [5.41, 5.74) is 0. The molecule has 0 heterocycles. The minimum atomic E-state index is -1.01. The van der Waals surface area contributed by atoms with E-state index >= 15 is 0 Å². The van der Waals surface area contributed by atoms with Gasteiger partial charge in [0, 0.05) is 6.04 Å². The number of hydrogen-bond acceptors (Lipinski definition) is 2. The van der Waals surface area contributed by atoms with Crippen molar-refractivity contribution in [1.29, 1.82) is 0 Å². The second kappa shape index (κ2) is 3.32. The van der Waals surface area contributed by atoms with E-state index in [1.54, 1.807) is 7.11 Å². The van der Waals surface area contributed by atoms with Crippen molar-refractivity contribution >= 4 is 25.3 Å². The molecule has 0 aliphatic rings. The molecule has 9 heavy (non-hydrogen) atoms. The van der Waals surface area contributed by atoms with Gasteiger partial charge in [-0.05, 0) is 12.2 Å². The summed E-state index contributed by atoms with van der Waals surface area (Å²) in [5, 5.41) is 0.758. The first-order chi connectivity index (χ1) is 3.95. The normalized spacial score (nSPS) is 11.1. The lowest BCUT2D eigenvalue weighted by Gasteiger charge is -2.14. The van der Waals surface area contributed by atoms with E-state index in [0.717, 1.165) is 11.1 Å². The summed E-state index contributed by atoms with van der Waals surface area (Å²) in [6.45, 7) is 6.83. The van der Waals surface area contributed by atoms with Gasteiger partial charge in [-0.2, -0.15) is 0 Å². The predicted molar refractivity (Wildman–Crippen MR) is 47.8 cm³/mol. The van der Waals surface area contributed by atoms with Crippen LogP contribution in [0.15, 0.2) is 0 Å². The molecule has 0 aliphatic carbocycles. The average molecular weight is 162 g/mol. The zero-order valence-corrected chi connectivity index (χ0v) is 8.34. The summed E-state index contributed by atoms with van der Waals surface area (Å²) in [6, 6.07) is 0.999. The van der Waals surface area contributed by atoms with Crippen molar-refractivity contribution in [2.24, 2.45) is 0 Å². The minimum Gasteiger partial charge on any atom is -0.491 e. The van der Waals surface area contributed by atoms with Crippen molar-refractivity contribution in [3.05, 3.63) is 0 Å². The number of thiocarbonyl (C=S) groups is 1. The molecule has 0 atom stereocenters. The van der Waals surface area contributed by atoms with E-state index in [0.29, 0.717) is 0 Å². The molecule has 0 bridgehead atoms. The van der Waals surface area contributed by atoms with Gasteiger partial charge >= 0.3 is 0 Å². The molecule has 0 unspecified atom stereocenters. The molecule has 0 aliphatic heterocycles. The first-order valence-electron chi connectivity index (χ1n) is 3.02. The Labute approximate surface area is 63.4 Å². The second-order valence-electron chi connectivity index (χ2n) is 3.31. The van der Waals surface area contributed by atoms with E-state index in [1.165, 1.54) is 0 Å². The lowest BCUT2D eigenvalue weighted by Crippen LogP contribution is -2.23. The summed E-state index contributed by atoms with van der Waals surface area (Å²) < 4.78 is 4.89. The molecule has 0 aromatic rings. The third kappa shape index (κ3) is 5.99. The fraction of sp³-hybridized carbons (Fsp3) is 0.833. The summed E-state index contributed by atoms with van der Waals surface area (Å²) in [6.07, 6.45) is 0. The van der Waals surface area contributed by atoms with Gasteiger partial charge < -0.3 is 4.74 Å². The molecule has 54 valence electrons. The highest BCUT2D eigenvalue weighted by Crippen LogP contribution is 2.09. The van der Waals surface area contributed by atoms with E-state index < -0.39 is 8.07 Å². The molecule has 0 aromatic carbocycles. The maximum Gasteiger partial charge on any atom is 0.156 e. The molecule has 0 aromatic heterocycles. The van der Waals surface area contributed by atoms with E-state index in [1.807, 2.05) is 0 Å². The van der Waals surface area contributed by atoms with Crippen molar-refractivity contribution in [2.45, 2.75) is 25.7 Å². The molecule has 0 saturated heterocycles. The Morgan fingerprint density at radius 2 is 1.89 bits per heavy atom. The standard InChI is InChI=1S/C6H14OSSi/c1-7-6(8)5-9(2,3)4/h5H2,1-4H3. The Kier molecular flexibility index (Phi) is 3.36. The molecule has 0 spiro atoms. The van der Waals surface area contributed by atoms with Gasteiger partial charge in [0.2, 0.25) is 0 Å². The molecular formula is C6H14OSSi. The van der Waals surface area contributed by atoms with Gasteiger partial charge in [-0.25, -0.2) is 0 Å². The van der Waals surface area contributed by atoms with Gasteiger partial charge in [0.25, 0.3) is 0 Å². The summed E-state index contributed by atoms with van der Waals surface area (Å²) >= 11 is 4.92. The molecule has 0 rings (SSSR count). The zero-order chi connectivity index (χ0) is 7.49. The van der Waals surface area contributed by atoms with Crippen molar-refractivity contribution in [2.75, 3.05) is 7.11 Å². The van der Waals surface area contributed by atoms with Crippen molar-refractivity contribution in [1.82, 2.24) is 0 Å². The van der Waals surface area contributed by atoms with Crippen molar-refractivity contribution < 1.29 is 4.74 Å². The van der Waals surface area contributed by atoms with E-state index in [2.05, 4.69) is 19.6 Å². The van der Waals surface area contributed by atoms with Gasteiger partial charge in [0.1, 0.15) is 0 Å². The van der Waals surface area contributed by atoms with Crippen LogP contribution in [0.1, 0.15) is 0 Å². The molecular weight excluding hydrogens is 148 g/mol. The fourth-order valence-corrected chi connectivity index (χ4v) is 2.81. The highest BCUT2D eigenvalue weighted by Gasteiger charge is 2.15. The Bertz CT molecular complexity index is 106. The van der Waals surface area contributed by atoms with Crippen LogP contribution in [0.5, 0.6) is 0 Å². The van der Waals surface area contributed by atoms with Gasteiger partial charge in [-0.3, -0.25) is 0 Å². The molecule has 0 fully saturated rings. The van der Waals surface area contributed by atoms with Crippen LogP contribution >= 0.6 is 12.2 Å². The summed E-state index contributed by atoms with van der Waals surface area (Å²) in [5.74, 6) is 0. The quantitative estimate of drug-likeness (QED) is 0.455. The van der Waals surface area contributed by atoms with E-state index in [4.69, 9.17) is 17.0 Å². The monoisotopic (exact) mass is 162 g/mol. The van der Waals surface area contributed by atoms with Crippen LogP contribution in [-0.2, 0) is 4.74 Å². The molecule has 1 nitrogen and oxygen atoms in total. The first-order valence-corrected chi connectivity index (χ1v) is 7.14. The Balaban J connectivity index is 3.60. The Morgan fingerprint density at radius 3 is 2.00 bits per heavy atom. The van der Waals surface area contributed by atoms with Gasteiger partial charge in [-0.1, -0.05) is 19.6 Å². The molecule has 0 radical (unpaired) electrons. The van der Waals surface area contributed by atoms with Crippen LogP contribution in [0.3, 0.4) is 0 Å². The van der Waals surface area contributed by atoms with Crippen LogP contribution in [0.4, 0.5) is 0 Å². The Hall–Kier alpha value is 0.107. The van der Waals surface area contributed by atoms with Crippen LogP contribution in [-0.4, -0.2) is 20.2 Å². The fourth-order valence-electron chi connectivity index (χ4n) is 0.505. The maximum atomic E-state index is 4.92. The van der Waals surface area contributed by atoms with E-state index in [9.17, 15) is 0 Å². The van der Waals surface area contributed by atoms with Crippen molar-refractivity contribution in [3.63, 3.8) is 0 Å². The molecule has 0 saturated carbocycles. The number of hydrogen-bond donors (Lipinski definition) is 0. The topological polar surface area (TPSA) is 9.23 Å². The van der Waals surface area contributed by atoms with E-state index in [-0.39, 0.29) is 0 Å². The van der Waals surface area contributed by atoms with Crippen LogP contribution in [0.25, 0.3) is 0 Å². The summed E-state index contributed by atoms with van der Waals surface area (Å²) in [7, 11) is 0.634. The maximum absolute atomic E-state index is 4.92. The highest BCUT2D eigenvalue weighted by atomic mass is 32.1. The van der Waals surface area contributed by atoms with Gasteiger partial charge in [0.05, 0.1) is 15.2 Å². The predicted octanol–water partition coefficient (Wildman–Crippen LogP) is 2.30. The Morgan fingerprint density at radius 1 is 1.44 bits per heavy atom.